The van der Waals surface area contributed by atoms with Crippen LogP contribution in [0.25, 0.3) is 16.7 Å². The molecule has 8 heteroatoms. The summed E-state index contributed by atoms with van der Waals surface area (Å²) in [5, 5.41) is 15.9. The Labute approximate surface area is 182 Å². The molecule has 156 valence electrons. The van der Waals surface area contributed by atoms with E-state index in [4.69, 9.17) is 4.98 Å². The molecule has 0 saturated heterocycles. The Hall–Kier alpha value is -4.25. The number of rotatable bonds is 1. The van der Waals surface area contributed by atoms with Gasteiger partial charge in [0.05, 0.1) is 5.52 Å². The average molecular weight is 423 g/mol. The number of halogens is 1. The number of aromatic amines is 1. The van der Waals surface area contributed by atoms with Gasteiger partial charge in [-0.3, -0.25) is 9.50 Å². The molecule has 0 bridgehead atoms. The van der Waals surface area contributed by atoms with Crippen molar-refractivity contribution in [2.24, 2.45) is 0 Å². The molecule has 1 aliphatic rings. The van der Waals surface area contributed by atoms with Gasteiger partial charge in [0.2, 0.25) is 0 Å². The van der Waals surface area contributed by atoms with Crippen LogP contribution in [-0.2, 0) is 6.42 Å². The van der Waals surface area contributed by atoms with Crippen molar-refractivity contribution >= 4 is 28.2 Å². The molecular formula is C24H18FN7. The standard InChI is InChI=1S/C24H18FN7/c1-15-28-30-24-27-23(20-14-17(25)8-10-22(20)32(15)24)31-13-3-5-19-16(4-2-6-21(19)31)7-9-18-11-12-26-29-18/h2,4,6,8,10-12,14H,3,5,13H2,1H3,(H,26,29). The van der Waals surface area contributed by atoms with Crippen molar-refractivity contribution in [2.45, 2.75) is 19.8 Å². The fourth-order valence-electron chi connectivity index (χ4n) is 4.37. The number of aromatic nitrogens is 6. The van der Waals surface area contributed by atoms with Crippen LogP contribution < -0.4 is 4.90 Å². The van der Waals surface area contributed by atoms with Gasteiger partial charge in [-0.1, -0.05) is 12.0 Å². The molecule has 0 unspecified atom stereocenters. The van der Waals surface area contributed by atoms with E-state index in [9.17, 15) is 4.39 Å². The molecule has 0 fully saturated rings. The second kappa shape index (κ2) is 7.17. The topological polar surface area (TPSA) is 75.0 Å². The maximum atomic E-state index is 14.3. The number of hydrogen-bond donors (Lipinski definition) is 1. The van der Waals surface area contributed by atoms with E-state index in [2.05, 4.69) is 43.2 Å². The third-order valence-electron chi connectivity index (χ3n) is 5.79. The summed E-state index contributed by atoms with van der Waals surface area (Å²) in [6, 6.07) is 12.7. The molecule has 0 amide bonds. The molecule has 1 aliphatic heterocycles. The molecule has 0 spiro atoms. The van der Waals surface area contributed by atoms with Crippen molar-refractivity contribution in [1.82, 2.24) is 29.8 Å². The van der Waals surface area contributed by atoms with E-state index in [0.717, 1.165) is 52.8 Å². The highest BCUT2D eigenvalue weighted by atomic mass is 19.1. The van der Waals surface area contributed by atoms with E-state index in [1.807, 2.05) is 29.5 Å². The predicted octanol–water partition coefficient (Wildman–Crippen LogP) is 3.93. The molecule has 0 aliphatic carbocycles. The monoisotopic (exact) mass is 423 g/mol. The van der Waals surface area contributed by atoms with E-state index in [1.54, 1.807) is 12.3 Å². The first-order valence-electron chi connectivity index (χ1n) is 10.4. The summed E-state index contributed by atoms with van der Waals surface area (Å²) >= 11 is 0. The lowest BCUT2D eigenvalue weighted by Gasteiger charge is -2.32. The van der Waals surface area contributed by atoms with Crippen molar-refractivity contribution < 1.29 is 4.39 Å². The third-order valence-corrected chi connectivity index (χ3v) is 5.79. The first-order valence-corrected chi connectivity index (χ1v) is 10.4. The van der Waals surface area contributed by atoms with Gasteiger partial charge in [-0.25, -0.2) is 4.39 Å². The lowest BCUT2D eigenvalue weighted by atomic mass is 9.96. The summed E-state index contributed by atoms with van der Waals surface area (Å²) in [6.45, 7) is 2.64. The highest BCUT2D eigenvalue weighted by Gasteiger charge is 2.24. The van der Waals surface area contributed by atoms with Gasteiger partial charge in [-0.2, -0.15) is 10.1 Å². The Balaban J connectivity index is 1.55. The maximum Gasteiger partial charge on any atom is 0.257 e. The van der Waals surface area contributed by atoms with E-state index < -0.39 is 0 Å². The van der Waals surface area contributed by atoms with Gasteiger partial charge in [0.1, 0.15) is 23.2 Å². The summed E-state index contributed by atoms with van der Waals surface area (Å²) in [6.07, 6.45) is 3.54. The molecule has 32 heavy (non-hydrogen) atoms. The maximum absolute atomic E-state index is 14.3. The van der Waals surface area contributed by atoms with Gasteiger partial charge in [-0.05, 0) is 67.6 Å². The van der Waals surface area contributed by atoms with E-state index in [1.165, 1.54) is 12.1 Å². The van der Waals surface area contributed by atoms with Gasteiger partial charge < -0.3 is 4.90 Å². The lowest BCUT2D eigenvalue weighted by Crippen LogP contribution is -2.26. The first-order chi connectivity index (χ1) is 15.7. The van der Waals surface area contributed by atoms with Crippen LogP contribution in [0.5, 0.6) is 0 Å². The van der Waals surface area contributed by atoms with Crippen molar-refractivity contribution in [3.63, 3.8) is 0 Å². The fraction of sp³-hybridized carbons (Fsp3) is 0.167. The smallest absolute Gasteiger partial charge is 0.257 e. The number of anilines is 2. The minimum Gasteiger partial charge on any atom is -0.325 e. The van der Waals surface area contributed by atoms with Crippen molar-refractivity contribution in [1.29, 1.82) is 0 Å². The minimum atomic E-state index is -0.304. The predicted molar refractivity (Wildman–Crippen MR) is 119 cm³/mol. The van der Waals surface area contributed by atoms with E-state index in [0.29, 0.717) is 17.4 Å². The van der Waals surface area contributed by atoms with Gasteiger partial charge in [0.15, 0.2) is 0 Å². The number of nitrogens with zero attached hydrogens (tertiary/aromatic N) is 6. The van der Waals surface area contributed by atoms with Crippen LogP contribution in [0.2, 0.25) is 0 Å². The highest BCUT2D eigenvalue weighted by molar-refractivity contribution is 5.94. The number of H-pyrrole nitrogens is 1. The Morgan fingerprint density at radius 3 is 2.91 bits per heavy atom. The molecule has 3 aromatic heterocycles. The summed E-state index contributed by atoms with van der Waals surface area (Å²) in [5.74, 6) is 8.00. The molecule has 0 radical (unpaired) electrons. The number of hydrogen-bond acceptors (Lipinski definition) is 5. The summed E-state index contributed by atoms with van der Waals surface area (Å²) in [7, 11) is 0. The van der Waals surface area contributed by atoms with Gasteiger partial charge in [0, 0.05) is 29.4 Å². The average Bonchev–Trinajstić information content (AvgIpc) is 3.46. The van der Waals surface area contributed by atoms with Gasteiger partial charge in [-0.15, -0.1) is 10.2 Å². The molecule has 4 heterocycles. The number of aryl methyl sites for hydroxylation is 1. The molecule has 0 atom stereocenters. The molecule has 0 saturated carbocycles. The van der Waals surface area contributed by atoms with Crippen LogP contribution >= 0.6 is 0 Å². The van der Waals surface area contributed by atoms with Crippen LogP contribution in [0.15, 0.2) is 48.7 Å². The normalized spacial score (nSPS) is 13.2. The number of nitrogens with one attached hydrogen (secondary N) is 1. The molecule has 5 aromatic rings. The zero-order valence-electron chi connectivity index (χ0n) is 17.3. The lowest BCUT2D eigenvalue weighted by molar-refractivity contribution is 0.629. The van der Waals surface area contributed by atoms with E-state index >= 15 is 0 Å². The van der Waals surface area contributed by atoms with Gasteiger partial charge >= 0.3 is 0 Å². The Morgan fingerprint density at radius 2 is 2.03 bits per heavy atom. The second-order valence-corrected chi connectivity index (χ2v) is 7.76. The summed E-state index contributed by atoms with van der Waals surface area (Å²) in [4.78, 5) is 6.95. The van der Waals surface area contributed by atoms with Crippen molar-refractivity contribution in [3.05, 3.63) is 77.1 Å². The SMILES string of the molecule is Cc1nnc2nc(N3CCCc4c(C#Cc5ccn[nH]5)cccc43)c3cc(F)ccc3n12. The van der Waals surface area contributed by atoms with Crippen LogP contribution in [0, 0.1) is 24.6 Å². The van der Waals surface area contributed by atoms with Crippen LogP contribution in [0.1, 0.15) is 29.1 Å². The molecule has 7 nitrogen and oxygen atoms in total. The largest absolute Gasteiger partial charge is 0.325 e. The number of benzene rings is 2. The van der Waals surface area contributed by atoms with Crippen molar-refractivity contribution in [2.75, 3.05) is 11.4 Å². The first kappa shape index (κ1) is 18.5. The third kappa shape index (κ3) is 2.90. The zero-order valence-corrected chi connectivity index (χ0v) is 17.3. The fourth-order valence-corrected chi connectivity index (χ4v) is 4.37. The highest BCUT2D eigenvalue weighted by Crippen LogP contribution is 2.38. The summed E-state index contributed by atoms with van der Waals surface area (Å²) < 4.78 is 16.1. The quantitative estimate of drug-likeness (QED) is 0.414. The molecule has 1 N–H and O–H groups in total. The molecule has 6 rings (SSSR count). The zero-order chi connectivity index (χ0) is 21.7. The molecule has 2 aromatic carbocycles. The Bertz CT molecular complexity index is 1540. The van der Waals surface area contributed by atoms with Crippen LogP contribution in [-0.4, -0.2) is 36.3 Å². The van der Waals surface area contributed by atoms with Crippen LogP contribution in [0.4, 0.5) is 15.9 Å². The van der Waals surface area contributed by atoms with Crippen LogP contribution in [0.3, 0.4) is 0 Å². The summed E-state index contributed by atoms with van der Waals surface area (Å²) in [5.41, 5.74) is 4.76. The van der Waals surface area contributed by atoms with Crippen molar-refractivity contribution in [3.8, 4) is 11.8 Å². The van der Waals surface area contributed by atoms with Gasteiger partial charge in [0.25, 0.3) is 5.78 Å². The minimum absolute atomic E-state index is 0.304. The Morgan fingerprint density at radius 1 is 1.09 bits per heavy atom. The number of fused-ring (bicyclic) bond motifs is 4. The second-order valence-electron chi connectivity index (χ2n) is 7.76. The molecular weight excluding hydrogens is 405 g/mol. The van der Waals surface area contributed by atoms with E-state index in [-0.39, 0.29) is 5.82 Å². The Kier molecular flexibility index (Phi) is 4.15.